The molecule has 0 saturated heterocycles. The van der Waals surface area contributed by atoms with Crippen LogP contribution in [0.1, 0.15) is 234 Å². The number of aliphatic carboxylic acids is 3. The van der Waals surface area contributed by atoms with Crippen molar-refractivity contribution in [1.29, 1.82) is 0 Å². The maximum absolute atomic E-state index is 14.2. The molecule has 33 nitrogen and oxygen atoms in total. The van der Waals surface area contributed by atoms with Crippen LogP contribution in [0.2, 0.25) is 0 Å². The molecule has 0 saturated carbocycles. The van der Waals surface area contributed by atoms with Gasteiger partial charge in [-0.3, -0.25) is 71.9 Å². The fourth-order valence-corrected chi connectivity index (χ4v) is 14.4. The highest BCUT2D eigenvalue weighted by molar-refractivity contribution is 8.00. The van der Waals surface area contributed by atoms with Gasteiger partial charge in [0.25, 0.3) is 0 Å². The Bertz CT molecular complexity index is 3560. The highest BCUT2D eigenvalue weighted by Gasteiger charge is 2.34. The van der Waals surface area contributed by atoms with Crippen LogP contribution < -0.4 is 81.0 Å². The summed E-state index contributed by atoms with van der Waals surface area (Å²) in [5.41, 5.74) is 14.4. The number of carboxylic acid groups (broad SMARTS) is 3. The number of unbranched alkanes of at least 4 members (excludes halogenated alkanes) is 2. The second kappa shape index (κ2) is 58.5. The number of hydrogen-bond acceptors (Lipinski definition) is 19. The van der Waals surface area contributed by atoms with Crippen LogP contribution in [-0.2, 0) is 84.8 Å². The van der Waals surface area contributed by atoms with Gasteiger partial charge >= 0.3 is 23.4 Å². The van der Waals surface area contributed by atoms with E-state index in [1.54, 1.807) is 83.1 Å². The number of thioether (sulfide) groups is 1. The highest BCUT2D eigenvalue weighted by atomic mass is 32.2. The molecule has 0 aliphatic carbocycles. The van der Waals surface area contributed by atoms with Gasteiger partial charge in [-0.05, 0) is 125 Å². The second-order valence-electron chi connectivity index (χ2n) is 33.0. The second-order valence-corrected chi connectivity index (χ2v) is 34.1. The summed E-state index contributed by atoms with van der Waals surface area (Å²) in [6, 6.07) is 6.88. The number of carbonyl (C=O) groups excluding carboxylic acids is 12. The Labute approximate surface area is 713 Å². The number of alkyl halides is 3. The Kier molecular flexibility index (Phi) is 52.0. The number of hydrogen-bond donors (Lipinski definition) is 18. The molecule has 0 aromatic heterocycles. The minimum atomic E-state index is -4.51. The monoisotopic (exact) mass is 1730 g/mol. The van der Waals surface area contributed by atoms with Gasteiger partial charge in [-0.15, -0.1) is 0 Å². The molecular weight excluding hydrogens is 1600 g/mol. The molecule has 12 amide bonds. The number of halogens is 3. The Hall–Kier alpha value is -9.49. The van der Waals surface area contributed by atoms with Crippen LogP contribution in [0.5, 0.6) is 0 Å². The highest BCUT2D eigenvalue weighted by Crippen LogP contribution is 2.31. The number of nitrogens with two attached hydrogens (primary N) is 3. The third kappa shape index (κ3) is 53.1. The molecule has 121 heavy (non-hydrogen) atoms. The van der Waals surface area contributed by atoms with Crippen LogP contribution in [0, 0.1) is 23.7 Å². The molecule has 0 heterocycles. The van der Waals surface area contributed by atoms with E-state index in [-0.39, 0.29) is 112 Å². The van der Waals surface area contributed by atoms with Crippen molar-refractivity contribution in [2.45, 2.75) is 320 Å². The zero-order valence-electron chi connectivity index (χ0n) is 71.8. The SMILES string of the molecule is CC[C@H](C)[C@@H](CC(=O)NC(CC(=O)O)CC(=O)O)NC(=O)C[C@H](C)NC(=O)C[C@H](CCCCN)NC(=O)C[C@H](Cc1ccccc1)NC(=O)C[C@@H](NC(=O)C[C@H](CC(=O)O)NC(=O)C[C@H](Cc1ccccc1)NC(=O)C[C@H](CC(C)C)NC(=O)C[C@H](CCCCN)NC(=O)C[C@H](CC(C)C)NC(=O)C[C@H](C)NC(=O)C[C@@H](N)CSC(F)(F)F)C(C)C. The summed E-state index contributed by atoms with van der Waals surface area (Å²) in [6.45, 7) is 18.6. The largest absolute Gasteiger partial charge is 0.481 e. The molecule has 37 heteroatoms. The average molecular weight is 1730 g/mol. The zero-order valence-corrected chi connectivity index (χ0v) is 72.7. The van der Waals surface area contributed by atoms with Crippen molar-refractivity contribution < 1.29 is 100 Å². The summed E-state index contributed by atoms with van der Waals surface area (Å²) in [5, 5.41) is 62.3. The molecule has 0 fully saturated rings. The van der Waals surface area contributed by atoms with E-state index in [4.69, 9.17) is 17.2 Å². The number of amides is 12. The van der Waals surface area contributed by atoms with Crippen molar-refractivity contribution in [3.8, 4) is 0 Å². The van der Waals surface area contributed by atoms with E-state index in [9.17, 15) is 100 Å². The fraction of sp³-hybridized carbons (Fsp3) is 0.679. The van der Waals surface area contributed by atoms with Crippen molar-refractivity contribution in [2.75, 3.05) is 18.8 Å². The van der Waals surface area contributed by atoms with Gasteiger partial charge in [0.2, 0.25) is 70.9 Å². The van der Waals surface area contributed by atoms with E-state index in [0.717, 1.165) is 11.1 Å². The van der Waals surface area contributed by atoms with Gasteiger partial charge in [-0.1, -0.05) is 135 Å². The van der Waals surface area contributed by atoms with E-state index in [1.165, 1.54) is 0 Å². The lowest BCUT2D eigenvalue weighted by Gasteiger charge is -2.26. The standard InChI is InChI=1S/C84H136F3N15O18S/c1-11-53(8)68(48-80(114)100-66(45-82(117)118)46-83(119)120)102-70(104)33-55(10)92-72(106)37-59(26-18-20-28-88)93-75(109)41-64(35-57-24-16-13-17-25-57)98-79(113)47-67(52(6)7)101-78(112)43-65(44-81(115)116)99-77(111)42-63(34-56-22-14-12-15-23-56)97-76(110)40-62(31-51(4)5)96-73(107)38-60(27-19-21-29-89)94-74(108)39-61(30-50(2)3)95-69(103)32-54(9)91-71(105)36-58(90)49-121-84(85,86)87/h12-17,22-25,50-55,58-68H,11,18-21,26-49,88-90H2,1-10H3,(H,91,105)(H,92,106)(H,93,109)(H,94,108)(H,95,103)(H,96,107)(H,97,110)(H,98,113)(H,99,111)(H,100,114)(H,101,112)(H,102,104)(H,115,116)(H,117,118)(H,119,120)/t53-,54-,55-,58+,59-,60-,61-,62-,63-,64-,65+,67+,68+/m0/s1. The quantitative estimate of drug-likeness (QED) is 0.0384. The van der Waals surface area contributed by atoms with E-state index in [1.807, 2.05) is 46.8 Å². The van der Waals surface area contributed by atoms with Gasteiger partial charge in [-0.25, -0.2) is 0 Å². The molecule has 0 aliphatic heterocycles. The Balaban J connectivity index is 2.24. The van der Waals surface area contributed by atoms with E-state index >= 15 is 0 Å². The predicted molar refractivity (Wildman–Crippen MR) is 452 cm³/mol. The lowest BCUT2D eigenvalue weighted by atomic mass is 9.95. The first kappa shape index (κ1) is 108. The molecular formula is C84H136F3N15O18S. The third-order valence-electron chi connectivity index (χ3n) is 19.7. The molecule has 0 aliphatic rings. The summed E-state index contributed by atoms with van der Waals surface area (Å²) >= 11 is -0.335. The first-order chi connectivity index (χ1) is 56.9. The Morgan fingerprint density at radius 2 is 0.645 bits per heavy atom. The van der Waals surface area contributed by atoms with Crippen LogP contribution in [0.25, 0.3) is 0 Å². The first-order valence-corrected chi connectivity index (χ1v) is 43.0. The molecule has 682 valence electrons. The van der Waals surface area contributed by atoms with Gasteiger partial charge in [0.1, 0.15) is 0 Å². The topological polar surface area (TPSA) is 539 Å². The summed E-state index contributed by atoms with van der Waals surface area (Å²) in [4.78, 5) is 199. The van der Waals surface area contributed by atoms with Crippen LogP contribution in [-0.4, -0.2) is 207 Å². The Morgan fingerprint density at radius 1 is 0.355 bits per heavy atom. The van der Waals surface area contributed by atoms with Crippen LogP contribution in [0.3, 0.4) is 0 Å². The summed E-state index contributed by atoms with van der Waals surface area (Å²) in [7, 11) is 0. The van der Waals surface area contributed by atoms with Gasteiger partial charge in [0, 0.05) is 161 Å². The van der Waals surface area contributed by atoms with Crippen molar-refractivity contribution in [2.24, 2.45) is 40.9 Å². The third-order valence-corrected chi connectivity index (χ3v) is 20.6. The van der Waals surface area contributed by atoms with Gasteiger partial charge in [0.05, 0.1) is 19.3 Å². The number of carbonyl (C=O) groups is 15. The van der Waals surface area contributed by atoms with Crippen molar-refractivity contribution in [3.05, 3.63) is 71.8 Å². The summed E-state index contributed by atoms with van der Waals surface area (Å²) in [5.74, 6) is -11.8. The molecule has 0 spiro atoms. The van der Waals surface area contributed by atoms with E-state index in [2.05, 4.69) is 63.8 Å². The number of benzene rings is 2. The normalized spacial score (nSPS) is 14.7. The van der Waals surface area contributed by atoms with Crippen LogP contribution >= 0.6 is 11.8 Å². The summed E-state index contributed by atoms with van der Waals surface area (Å²) < 4.78 is 38.0. The number of rotatable bonds is 63. The van der Waals surface area contributed by atoms with Crippen molar-refractivity contribution in [1.82, 2.24) is 63.8 Å². The van der Waals surface area contributed by atoms with Crippen LogP contribution in [0.4, 0.5) is 13.2 Å². The molecule has 2 aromatic rings. The molecule has 2 aromatic carbocycles. The molecule has 0 bridgehead atoms. The maximum Gasteiger partial charge on any atom is 0.441 e. The summed E-state index contributed by atoms with van der Waals surface area (Å²) in [6.07, 6.45) is -0.735. The molecule has 0 radical (unpaired) electrons. The van der Waals surface area contributed by atoms with Crippen molar-refractivity contribution in [3.63, 3.8) is 0 Å². The molecule has 0 unspecified atom stereocenters. The van der Waals surface area contributed by atoms with E-state index in [0.29, 0.717) is 70.9 Å². The average Bonchev–Trinajstić information content (AvgIpc) is 0.888. The molecule has 21 N–H and O–H groups in total. The van der Waals surface area contributed by atoms with Crippen LogP contribution in [0.15, 0.2) is 60.7 Å². The van der Waals surface area contributed by atoms with Gasteiger partial charge in [0.15, 0.2) is 0 Å². The first-order valence-electron chi connectivity index (χ1n) is 42.0. The number of nitrogens with one attached hydrogen (secondary N) is 12. The minimum absolute atomic E-state index is 0.0197. The Morgan fingerprint density at radius 3 is 1.01 bits per heavy atom. The fourth-order valence-electron chi connectivity index (χ4n) is 13.9. The van der Waals surface area contributed by atoms with Gasteiger partial charge in [-0.2, -0.15) is 13.2 Å². The number of carboxylic acids is 3. The smallest absolute Gasteiger partial charge is 0.441 e. The minimum Gasteiger partial charge on any atom is -0.481 e. The van der Waals surface area contributed by atoms with Gasteiger partial charge < -0.3 is 96.3 Å². The molecule has 2 rings (SSSR count). The van der Waals surface area contributed by atoms with E-state index < -0.39 is 211 Å². The van der Waals surface area contributed by atoms with Crippen molar-refractivity contribution >= 4 is 101 Å². The molecule has 13 atom stereocenters. The maximum atomic E-state index is 14.2. The predicted octanol–water partition coefficient (Wildman–Crippen LogP) is 5.07. The zero-order chi connectivity index (χ0) is 90.9. The lowest BCUT2D eigenvalue weighted by Crippen LogP contribution is -2.49. The lowest BCUT2D eigenvalue weighted by molar-refractivity contribution is -0.141.